The van der Waals surface area contributed by atoms with Gasteiger partial charge in [0.1, 0.15) is 11.2 Å². The second-order valence-corrected chi connectivity index (χ2v) is 7.43. The monoisotopic (exact) mass is 399 g/mol. The van der Waals surface area contributed by atoms with Crippen LogP contribution in [-0.4, -0.2) is 31.4 Å². The molecule has 0 bridgehead atoms. The third kappa shape index (κ3) is 6.04. The third-order valence-electron chi connectivity index (χ3n) is 5.00. The minimum absolute atomic E-state index is 0.291. The second-order valence-electron chi connectivity index (χ2n) is 7.43. The molecule has 0 aliphatic rings. The number of nitrogens with one attached hydrogen (secondary N) is 2. The summed E-state index contributed by atoms with van der Waals surface area (Å²) in [6.07, 6.45) is 0.566. The molecule has 0 atom stereocenters. The minimum atomic E-state index is -1.22. The van der Waals surface area contributed by atoms with Crippen LogP contribution in [0.2, 0.25) is 0 Å². The molecule has 2 aromatic rings. The molecule has 2 amide bonds. The van der Waals surface area contributed by atoms with E-state index in [4.69, 9.17) is 0 Å². The van der Waals surface area contributed by atoms with E-state index < -0.39 is 5.41 Å². The molecule has 6 heteroatoms. The highest BCUT2D eigenvalue weighted by Crippen LogP contribution is 2.22. The van der Waals surface area contributed by atoms with Crippen molar-refractivity contribution in [2.75, 3.05) is 29.9 Å². The standard InChI is InChI=1S/C23H30FN3O2/c1-5-27(6-2)20-13-11-19(12-14-20)26-22(29)23(3,4)21(28)25-16-15-17-7-9-18(24)10-8-17/h7-14H,5-6,15-16H2,1-4H3,(H,25,28)(H,26,29). The van der Waals surface area contributed by atoms with Crippen LogP contribution in [0.5, 0.6) is 0 Å². The fourth-order valence-corrected chi connectivity index (χ4v) is 2.93. The van der Waals surface area contributed by atoms with Gasteiger partial charge in [0.2, 0.25) is 11.8 Å². The summed E-state index contributed by atoms with van der Waals surface area (Å²) in [5, 5.41) is 5.61. The number of anilines is 2. The summed E-state index contributed by atoms with van der Waals surface area (Å²) in [7, 11) is 0. The molecule has 0 saturated carbocycles. The summed E-state index contributed by atoms with van der Waals surface area (Å²) >= 11 is 0. The van der Waals surface area contributed by atoms with Crippen molar-refractivity contribution in [2.45, 2.75) is 34.1 Å². The lowest BCUT2D eigenvalue weighted by Crippen LogP contribution is -2.45. The summed E-state index contributed by atoms with van der Waals surface area (Å²) in [6, 6.07) is 13.7. The maximum atomic E-state index is 12.9. The van der Waals surface area contributed by atoms with E-state index in [9.17, 15) is 14.0 Å². The smallest absolute Gasteiger partial charge is 0.239 e. The summed E-state index contributed by atoms with van der Waals surface area (Å²) in [5.74, 6) is -1.01. The Morgan fingerprint density at radius 2 is 1.52 bits per heavy atom. The van der Waals surface area contributed by atoms with Crippen molar-refractivity contribution in [3.8, 4) is 0 Å². The average Bonchev–Trinajstić information content (AvgIpc) is 2.71. The Bertz CT molecular complexity index is 813. The Morgan fingerprint density at radius 3 is 2.07 bits per heavy atom. The number of carbonyl (C=O) groups is 2. The molecule has 0 unspecified atom stereocenters. The summed E-state index contributed by atoms with van der Waals surface area (Å²) < 4.78 is 12.9. The molecule has 0 fully saturated rings. The Labute approximate surface area is 172 Å². The van der Waals surface area contributed by atoms with E-state index >= 15 is 0 Å². The minimum Gasteiger partial charge on any atom is -0.372 e. The van der Waals surface area contributed by atoms with Gasteiger partial charge in [-0.05, 0) is 76.1 Å². The predicted molar refractivity (Wildman–Crippen MR) is 116 cm³/mol. The van der Waals surface area contributed by atoms with E-state index in [-0.39, 0.29) is 17.6 Å². The Kier molecular flexibility index (Phi) is 7.76. The molecular weight excluding hydrogens is 369 g/mol. The maximum absolute atomic E-state index is 12.9. The van der Waals surface area contributed by atoms with Gasteiger partial charge in [0.15, 0.2) is 0 Å². The zero-order valence-corrected chi connectivity index (χ0v) is 17.6. The Hall–Kier alpha value is -2.89. The molecule has 29 heavy (non-hydrogen) atoms. The van der Waals surface area contributed by atoms with Gasteiger partial charge < -0.3 is 15.5 Å². The van der Waals surface area contributed by atoms with E-state index in [1.807, 2.05) is 24.3 Å². The quantitative estimate of drug-likeness (QED) is 0.627. The lowest BCUT2D eigenvalue weighted by molar-refractivity contribution is -0.138. The van der Waals surface area contributed by atoms with Gasteiger partial charge in [-0.25, -0.2) is 4.39 Å². The van der Waals surface area contributed by atoms with Gasteiger partial charge in [-0.15, -0.1) is 0 Å². The topological polar surface area (TPSA) is 61.4 Å². The van der Waals surface area contributed by atoms with Crippen molar-refractivity contribution >= 4 is 23.2 Å². The van der Waals surface area contributed by atoms with Crippen LogP contribution in [0.1, 0.15) is 33.3 Å². The van der Waals surface area contributed by atoms with Crippen LogP contribution in [0.4, 0.5) is 15.8 Å². The zero-order chi connectivity index (χ0) is 21.4. The molecule has 0 aliphatic carbocycles. The zero-order valence-electron chi connectivity index (χ0n) is 17.6. The van der Waals surface area contributed by atoms with Gasteiger partial charge in [0, 0.05) is 31.0 Å². The van der Waals surface area contributed by atoms with Crippen molar-refractivity contribution in [3.63, 3.8) is 0 Å². The fourth-order valence-electron chi connectivity index (χ4n) is 2.93. The van der Waals surface area contributed by atoms with E-state index in [1.54, 1.807) is 26.0 Å². The lowest BCUT2D eigenvalue weighted by atomic mass is 9.90. The van der Waals surface area contributed by atoms with Crippen LogP contribution < -0.4 is 15.5 Å². The van der Waals surface area contributed by atoms with Crippen molar-refractivity contribution < 1.29 is 14.0 Å². The summed E-state index contributed by atoms with van der Waals surface area (Å²) in [4.78, 5) is 27.4. The number of hydrogen-bond donors (Lipinski definition) is 2. The first-order valence-corrected chi connectivity index (χ1v) is 9.97. The molecule has 0 aromatic heterocycles. The highest BCUT2D eigenvalue weighted by Gasteiger charge is 2.35. The second kappa shape index (κ2) is 10.0. The van der Waals surface area contributed by atoms with Crippen molar-refractivity contribution in [1.82, 2.24) is 5.32 Å². The van der Waals surface area contributed by atoms with Crippen LogP contribution >= 0.6 is 0 Å². The Morgan fingerprint density at radius 1 is 0.931 bits per heavy atom. The molecule has 5 nitrogen and oxygen atoms in total. The molecule has 0 aliphatic heterocycles. The fraction of sp³-hybridized carbons (Fsp3) is 0.391. The first-order chi connectivity index (χ1) is 13.8. The first kappa shape index (κ1) is 22.4. The van der Waals surface area contributed by atoms with Gasteiger partial charge in [0.25, 0.3) is 0 Å². The van der Waals surface area contributed by atoms with Gasteiger partial charge in [-0.2, -0.15) is 0 Å². The Balaban J connectivity index is 1.90. The van der Waals surface area contributed by atoms with Gasteiger partial charge in [-0.3, -0.25) is 9.59 Å². The summed E-state index contributed by atoms with van der Waals surface area (Å²) in [5.41, 5.74) is 1.44. The number of halogens is 1. The van der Waals surface area contributed by atoms with Crippen LogP contribution in [0.3, 0.4) is 0 Å². The van der Waals surface area contributed by atoms with Crippen LogP contribution in [-0.2, 0) is 16.0 Å². The molecule has 0 heterocycles. The maximum Gasteiger partial charge on any atom is 0.239 e. The molecule has 0 radical (unpaired) electrons. The van der Waals surface area contributed by atoms with E-state index in [1.165, 1.54) is 12.1 Å². The van der Waals surface area contributed by atoms with Crippen molar-refractivity contribution in [2.24, 2.45) is 5.41 Å². The molecule has 0 saturated heterocycles. The lowest BCUT2D eigenvalue weighted by Gasteiger charge is -2.24. The van der Waals surface area contributed by atoms with Crippen molar-refractivity contribution in [1.29, 1.82) is 0 Å². The molecule has 156 valence electrons. The predicted octanol–water partition coefficient (Wildman–Crippen LogP) is 4.00. The van der Waals surface area contributed by atoms with E-state index in [0.717, 1.165) is 24.3 Å². The van der Waals surface area contributed by atoms with Crippen LogP contribution in [0.25, 0.3) is 0 Å². The third-order valence-corrected chi connectivity index (χ3v) is 5.00. The van der Waals surface area contributed by atoms with Crippen LogP contribution in [0, 0.1) is 11.2 Å². The van der Waals surface area contributed by atoms with Gasteiger partial charge >= 0.3 is 0 Å². The number of benzene rings is 2. The van der Waals surface area contributed by atoms with E-state index in [2.05, 4.69) is 29.4 Å². The molecule has 2 N–H and O–H groups in total. The highest BCUT2D eigenvalue weighted by atomic mass is 19.1. The number of amides is 2. The van der Waals surface area contributed by atoms with Gasteiger partial charge in [0.05, 0.1) is 0 Å². The van der Waals surface area contributed by atoms with Gasteiger partial charge in [-0.1, -0.05) is 12.1 Å². The SMILES string of the molecule is CCN(CC)c1ccc(NC(=O)C(C)(C)C(=O)NCCc2ccc(F)cc2)cc1. The number of nitrogens with zero attached hydrogens (tertiary/aromatic N) is 1. The number of carbonyl (C=O) groups excluding carboxylic acids is 2. The number of hydrogen-bond acceptors (Lipinski definition) is 3. The normalized spacial score (nSPS) is 11.1. The highest BCUT2D eigenvalue weighted by molar-refractivity contribution is 6.09. The molecule has 2 rings (SSSR count). The number of rotatable bonds is 9. The molecular formula is C23H30FN3O2. The largest absolute Gasteiger partial charge is 0.372 e. The average molecular weight is 400 g/mol. The molecule has 2 aromatic carbocycles. The molecule has 0 spiro atoms. The summed E-state index contributed by atoms with van der Waals surface area (Å²) in [6.45, 7) is 9.58. The van der Waals surface area contributed by atoms with Crippen molar-refractivity contribution in [3.05, 3.63) is 59.9 Å². The van der Waals surface area contributed by atoms with E-state index in [0.29, 0.717) is 18.7 Å². The van der Waals surface area contributed by atoms with Crippen LogP contribution in [0.15, 0.2) is 48.5 Å². The first-order valence-electron chi connectivity index (χ1n) is 9.97.